The van der Waals surface area contributed by atoms with Gasteiger partial charge in [0, 0.05) is 0 Å². The van der Waals surface area contributed by atoms with E-state index in [4.69, 9.17) is 4.74 Å². The monoisotopic (exact) mass is 304 g/mol. The van der Waals surface area contributed by atoms with E-state index in [1.165, 1.54) is 0 Å². The first kappa shape index (κ1) is 15.8. The highest BCUT2D eigenvalue weighted by Crippen LogP contribution is 2.32. The standard InChI is InChI=1S/C15H16F4O2/c1-9-2-5-11(6-3-9)21-14(20)10-4-7-13(16)12(8-10)15(17,18)19/h4,7-9,11H,2-3,5-6H2,1H3. The molecule has 2 rings (SSSR count). The molecule has 0 saturated heterocycles. The van der Waals surface area contributed by atoms with Crippen molar-refractivity contribution in [3.63, 3.8) is 0 Å². The van der Waals surface area contributed by atoms with Crippen molar-refractivity contribution in [1.29, 1.82) is 0 Å². The smallest absolute Gasteiger partial charge is 0.419 e. The molecule has 0 aliphatic heterocycles. The van der Waals surface area contributed by atoms with E-state index >= 15 is 0 Å². The largest absolute Gasteiger partial charge is 0.459 e. The normalized spacial score (nSPS) is 22.9. The molecule has 0 N–H and O–H groups in total. The SMILES string of the molecule is CC1CCC(OC(=O)c2ccc(F)c(C(F)(F)F)c2)CC1. The van der Waals surface area contributed by atoms with Crippen LogP contribution in [0.1, 0.15) is 48.5 Å². The fourth-order valence-electron chi connectivity index (χ4n) is 2.44. The van der Waals surface area contributed by atoms with Crippen LogP contribution < -0.4 is 0 Å². The molecule has 1 saturated carbocycles. The minimum Gasteiger partial charge on any atom is -0.459 e. The average Bonchev–Trinajstić information content (AvgIpc) is 2.40. The molecule has 1 aliphatic rings. The number of hydrogen-bond acceptors (Lipinski definition) is 2. The predicted molar refractivity (Wildman–Crippen MR) is 68.2 cm³/mol. The molecule has 6 heteroatoms. The van der Waals surface area contributed by atoms with E-state index in [0.717, 1.165) is 18.9 Å². The average molecular weight is 304 g/mol. The van der Waals surface area contributed by atoms with Crippen LogP contribution in [0.15, 0.2) is 18.2 Å². The lowest BCUT2D eigenvalue weighted by Crippen LogP contribution is -2.24. The number of halogens is 4. The summed E-state index contributed by atoms with van der Waals surface area (Å²) in [6.07, 6.45) is -1.83. The summed E-state index contributed by atoms with van der Waals surface area (Å²) in [5, 5.41) is 0. The molecule has 1 aromatic rings. The van der Waals surface area contributed by atoms with E-state index in [9.17, 15) is 22.4 Å². The maximum absolute atomic E-state index is 13.2. The third-order valence-electron chi connectivity index (χ3n) is 3.74. The number of esters is 1. The zero-order valence-electron chi connectivity index (χ0n) is 11.5. The van der Waals surface area contributed by atoms with Crippen LogP contribution in [0, 0.1) is 11.7 Å². The highest BCUT2D eigenvalue weighted by Gasteiger charge is 2.35. The van der Waals surface area contributed by atoms with Crippen LogP contribution in [0.2, 0.25) is 0 Å². The third-order valence-corrected chi connectivity index (χ3v) is 3.74. The van der Waals surface area contributed by atoms with Gasteiger partial charge in [0.15, 0.2) is 0 Å². The Balaban J connectivity index is 2.09. The van der Waals surface area contributed by atoms with E-state index in [1.54, 1.807) is 0 Å². The van der Waals surface area contributed by atoms with Crippen LogP contribution in [0.4, 0.5) is 17.6 Å². The zero-order chi connectivity index (χ0) is 15.6. The van der Waals surface area contributed by atoms with E-state index in [1.807, 2.05) is 0 Å². The van der Waals surface area contributed by atoms with Crippen LogP contribution in [0.3, 0.4) is 0 Å². The second-order valence-corrected chi connectivity index (χ2v) is 5.48. The zero-order valence-corrected chi connectivity index (χ0v) is 11.5. The maximum Gasteiger partial charge on any atom is 0.419 e. The number of carbonyl (C=O) groups is 1. The summed E-state index contributed by atoms with van der Waals surface area (Å²) in [4.78, 5) is 11.9. The van der Waals surface area contributed by atoms with Crippen LogP contribution in [-0.2, 0) is 10.9 Å². The van der Waals surface area contributed by atoms with Crippen molar-refractivity contribution < 1.29 is 27.1 Å². The molecule has 1 aromatic carbocycles. The lowest BCUT2D eigenvalue weighted by molar-refractivity contribution is -0.140. The molecule has 0 bridgehead atoms. The quantitative estimate of drug-likeness (QED) is 0.590. The summed E-state index contributed by atoms with van der Waals surface area (Å²) in [6, 6.07) is 2.16. The van der Waals surface area contributed by atoms with E-state index < -0.39 is 23.5 Å². The summed E-state index contributed by atoms with van der Waals surface area (Å²) in [5.41, 5.74) is -1.73. The number of hydrogen-bond donors (Lipinski definition) is 0. The van der Waals surface area contributed by atoms with Gasteiger partial charge in [-0.05, 0) is 49.8 Å². The second kappa shape index (κ2) is 6.03. The Hall–Kier alpha value is -1.59. The Morgan fingerprint density at radius 3 is 2.38 bits per heavy atom. The van der Waals surface area contributed by atoms with E-state index in [0.29, 0.717) is 30.9 Å². The Morgan fingerprint density at radius 1 is 1.19 bits per heavy atom. The number of ether oxygens (including phenoxy) is 1. The molecule has 1 aliphatic carbocycles. The number of rotatable bonds is 2. The van der Waals surface area contributed by atoms with Crippen molar-refractivity contribution in [1.82, 2.24) is 0 Å². The maximum atomic E-state index is 13.2. The molecule has 21 heavy (non-hydrogen) atoms. The van der Waals surface area contributed by atoms with E-state index in [-0.39, 0.29) is 11.7 Å². The lowest BCUT2D eigenvalue weighted by Gasteiger charge is -2.26. The summed E-state index contributed by atoms with van der Waals surface area (Å²) in [7, 11) is 0. The second-order valence-electron chi connectivity index (χ2n) is 5.48. The van der Waals surface area contributed by atoms with Crippen molar-refractivity contribution >= 4 is 5.97 Å². The molecule has 0 unspecified atom stereocenters. The molecular formula is C15H16F4O2. The topological polar surface area (TPSA) is 26.3 Å². The third kappa shape index (κ3) is 3.95. The first-order chi connectivity index (χ1) is 9.77. The number of carbonyl (C=O) groups excluding carboxylic acids is 1. The highest BCUT2D eigenvalue weighted by atomic mass is 19.4. The summed E-state index contributed by atoms with van der Waals surface area (Å²) in [6.45, 7) is 2.10. The van der Waals surface area contributed by atoms with Gasteiger partial charge in [0.1, 0.15) is 11.9 Å². The fraction of sp³-hybridized carbons (Fsp3) is 0.533. The number of benzene rings is 1. The minimum atomic E-state index is -4.83. The van der Waals surface area contributed by atoms with Gasteiger partial charge in [-0.2, -0.15) is 13.2 Å². The van der Waals surface area contributed by atoms with Gasteiger partial charge in [0.2, 0.25) is 0 Å². The van der Waals surface area contributed by atoms with Crippen molar-refractivity contribution in [3.8, 4) is 0 Å². The van der Waals surface area contributed by atoms with Gasteiger partial charge in [-0.25, -0.2) is 9.18 Å². The Labute approximate surface area is 120 Å². The van der Waals surface area contributed by atoms with Crippen molar-refractivity contribution in [3.05, 3.63) is 35.1 Å². The molecule has 0 spiro atoms. The van der Waals surface area contributed by atoms with Crippen LogP contribution >= 0.6 is 0 Å². The Bertz CT molecular complexity index is 517. The predicted octanol–water partition coefficient (Wildman–Crippen LogP) is 4.58. The van der Waals surface area contributed by atoms with Gasteiger partial charge in [0.05, 0.1) is 11.1 Å². The van der Waals surface area contributed by atoms with Gasteiger partial charge >= 0.3 is 12.1 Å². The molecule has 0 radical (unpaired) electrons. The van der Waals surface area contributed by atoms with Crippen molar-refractivity contribution in [2.24, 2.45) is 5.92 Å². The Morgan fingerprint density at radius 2 is 1.81 bits per heavy atom. The van der Waals surface area contributed by atoms with Crippen LogP contribution in [0.5, 0.6) is 0 Å². The Kier molecular flexibility index (Phi) is 4.54. The fourth-order valence-corrected chi connectivity index (χ4v) is 2.44. The van der Waals surface area contributed by atoms with Gasteiger partial charge in [-0.1, -0.05) is 6.92 Å². The van der Waals surface area contributed by atoms with Crippen LogP contribution in [-0.4, -0.2) is 12.1 Å². The first-order valence-electron chi connectivity index (χ1n) is 6.85. The van der Waals surface area contributed by atoms with Crippen molar-refractivity contribution in [2.75, 3.05) is 0 Å². The molecule has 0 aromatic heterocycles. The molecule has 1 fully saturated rings. The van der Waals surface area contributed by atoms with Gasteiger partial charge < -0.3 is 4.74 Å². The van der Waals surface area contributed by atoms with Gasteiger partial charge in [-0.15, -0.1) is 0 Å². The summed E-state index contributed by atoms with van der Waals surface area (Å²) >= 11 is 0. The highest BCUT2D eigenvalue weighted by molar-refractivity contribution is 5.89. The minimum absolute atomic E-state index is 0.270. The molecular weight excluding hydrogens is 288 g/mol. The van der Waals surface area contributed by atoms with Gasteiger partial charge in [0.25, 0.3) is 0 Å². The molecule has 0 atom stereocenters. The summed E-state index contributed by atoms with van der Waals surface area (Å²) < 4.78 is 56.2. The van der Waals surface area contributed by atoms with Gasteiger partial charge in [-0.3, -0.25) is 0 Å². The molecule has 2 nitrogen and oxygen atoms in total. The van der Waals surface area contributed by atoms with Crippen molar-refractivity contribution in [2.45, 2.75) is 44.9 Å². The summed E-state index contributed by atoms with van der Waals surface area (Å²) in [5.74, 6) is -1.66. The first-order valence-corrected chi connectivity index (χ1v) is 6.85. The molecule has 0 amide bonds. The van der Waals surface area contributed by atoms with E-state index in [2.05, 4.69) is 6.92 Å². The van der Waals surface area contributed by atoms with Crippen LogP contribution in [0.25, 0.3) is 0 Å². The lowest BCUT2D eigenvalue weighted by atomic mass is 9.89. The number of alkyl halides is 3. The molecule has 116 valence electrons. The molecule has 0 heterocycles.